The lowest BCUT2D eigenvalue weighted by Gasteiger charge is -2.40. The summed E-state index contributed by atoms with van der Waals surface area (Å²) >= 11 is 0. The second kappa shape index (κ2) is 3.97. The van der Waals surface area contributed by atoms with Crippen LogP contribution in [0.2, 0.25) is 20.5 Å². The Morgan fingerprint density at radius 2 is 0.611 bits per heavy atom. The molecule has 0 bridgehead atoms. The first-order valence-electron chi connectivity index (χ1n) is 6.56. The van der Waals surface area contributed by atoms with Crippen molar-refractivity contribution in [3.63, 3.8) is 0 Å². The Morgan fingerprint density at radius 1 is 0.444 bits per heavy atom. The Hall–Kier alpha value is -0.0452. The van der Waals surface area contributed by atoms with Crippen molar-refractivity contribution in [2.75, 3.05) is 0 Å². The van der Waals surface area contributed by atoms with Crippen LogP contribution in [-0.2, 0) is 27.9 Å². The van der Waals surface area contributed by atoms with Crippen LogP contribution in [0.15, 0.2) is 0 Å². The Labute approximate surface area is 107 Å². The maximum Gasteiger partial charge on any atom is 0.454 e. The topological polar surface area (TPSA) is 55.4 Å². The van der Waals surface area contributed by atoms with Crippen LogP contribution in [0.4, 0.5) is 0 Å². The van der Waals surface area contributed by atoms with Gasteiger partial charge in [0.15, 0.2) is 0 Å². The van der Waals surface area contributed by atoms with E-state index < -0.39 is 0 Å². The Bertz CT molecular complexity index is 265. The normalized spacial score (nSPS) is 50.5. The summed E-state index contributed by atoms with van der Waals surface area (Å²) in [5, 5.41) is 0. The minimum absolute atomic E-state index is 0.134. The molecule has 0 amide bonds. The summed E-state index contributed by atoms with van der Waals surface area (Å²) in [5.41, 5.74) is 0. The van der Waals surface area contributed by atoms with Crippen molar-refractivity contribution in [3.8, 4) is 0 Å². The van der Waals surface area contributed by atoms with Crippen LogP contribution in [0.1, 0.15) is 0 Å². The second-order valence-electron chi connectivity index (χ2n) is 5.31. The highest BCUT2D eigenvalue weighted by molar-refractivity contribution is 6.45. The Kier molecular flexibility index (Phi) is 2.60. The highest BCUT2D eigenvalue weighted by Gasteiger charge is 2.63. The van der Waals surface area contributed by atoms with Crippen molar-refractivity contribution in [1.82, 2.24) is 0 Å². The molecular formula is C9H15B3O6. The number of fused-ring (bicyclic) bond motifs is 6. The molecule has 3 heterocycles. The van der Waals surface area contributed by atoms with Crippen molar-refractivity contribution in [2.45, 2.75) is 57.1 Å². The third-order valence-corrected chi connectivity index (χ3v) is 4.04. The zero-order valence-corrected chi connectivity index (χ0v) is 10.6. The molecule has 0 N–H and O–H groups in total. The molecule has 0 atom stereocenters. The molecule has 1 saturated carbocycles. The van der Waals surface area contributed by atoms with E-state index in [2.05, 4.69) is 0 Å². The van der Waals surface area contributed by atoms with Gasteiger partial charge in [0.05, 0.1) is 36.6 Å². The third-order valence-electron chi connectivity index (χ3n) is 4.04. The Balaban J connectivity index is 1.68. The van der Waals surface area contributed by atoms with Gasteiger partial charge in [0.2, 0.25) is 0 Å². The fraction of sp³-hybridized carbons (Fsp3) is 1.00. The molecule has 4 aliphatic rings. The van der Waals surface area contributed by atoms with Gasteiger partial charge < -0.3 is 27.9 Å². The summed E-state index contributed by atoms with van der Waals surface area (Å²) in [5.74, 6) is 0. The van der Waals surface area contributed by atoms with Gasteiger partial charge in [0, 0.05) is 0 Å². The van der Waals surface area contributed by atoms with Gasteiger partial charge in [-0.25, -0.2) is 0 Å². The number of rotatable bonds is 0. The number of hydrogen-bond acceptors (Lipinski definition) is 6. The maximum atomic E-state index is 5.81. The van der Waals surface area contributed by atoms with Gasteiger partial charge in [0.25, 0.3) is 0 Å². The first-order chi connectivity index (χ1) is 8.63. The molecule has 3 aliphatic heterocycles. The van der Waals surface area contributed by atoms with Crippen LogP contribution >= 0.6 is 0 Å². The highest BCUT2D eigenvalue weighted by Crippen LogP contribution is 2.42. The molecule has 96 valence electrons. The molecule has 1 aliphatic carbocycles. The lowest BCUT2D eigenvalue weighted by molar-refractivity contribution is -0.106. The van der Waals surface area contributed by atoms with Gasteiger partial charge in [-0.05, 0) is 20.5 Å². The van der Waals surface area contributed by atoms with Crippen LogP contribution in [0.3, 0.4) is 0 Å². The molecule has 6 nitrogen and oxygen atoms in total. The largest absolute Gasteiger partial charge is 0.454 e. The molecule has 0 radical (unpaired) electrons. The number of hydrogen-bond donors (Lipinski definition) is 0. The predicted octanol–water partition coefficient (Wildman–Crippen LogP) is -0.294. The molecular weight excluding hydrogens is 237 g/mol. The van der Waals surface area contributed by atoms with Gasteiger partial charge >= 0.3 is 21.4 Å². The molecule has 0 aromatic rings. The summed E-state index contributed by atoms with van der Waals surface area (Å²) in [6, 6.07) is 0. The molecule has 0 aromatic carbocycles. The Morgan fingerprint density at radius 3 is 0.778 bits per heavy atom. The molecule has 18 heavy (non-hydrogen) atoms. The molecule has 0 spiro atoms. The first-order valence-corrected chi connectivity index (χ1v) is 6.56. The predicted molar refractivity (Wildman–Crippen MR) is 64.1 cm³/mol. The van der Waals surface area contributed by atoms with Gasteiger partial charge in [-0.3, -0.25) is 0 Å². The monoisotopic (exact) mass is 252 g/mol. The van der Waals surface area contributed by atoms with E-state index in [4.69, 9.17) is 27.9 Å². The zero-order chi connectivity index (χ0) is 12.4. The lowest BCUT2D eigenvalue weighted by Crippen LogP contribution is -2.60. The summed E-state index contributed by atoms with van der Waals surface area (Å²) in [6.07, 6.45) is -0.805. The van der Waals surface area contributed by atoms with E-state index >= 15 is 0 Å². The van der Waals surface area contributed by atoms with Crippen LogP contribution in [0, 0.1) is 0 Å². The standard InChI is InChI=1S/C9H15B3O6/c1-10-13-4-5(14-10)7-9(18-12(3)16-7)8-6(4)15-11(2)17-8/h4-9H,1-3H3. The molecule has 4 fully saturated rings. The molecule has 3 saturated heterocycles. The lowest BCUT2D eigenvalue weighted by atomic mass is 9.85. The van der Waals surface area contributed by atoms with E-state index in [1.54, 1.807) is 0 Å². The maximum absolute atomic E-state index is 5.81. The quantitative estimate of drug-likeness (QED) is 0.552. The van der Waals surface area contributed by atoms with Crippen molar-refractivity contribution >= 4 is 21.4 Å². The van der Waals surface area contributed by atoms with E-state index in [0.29, 0.717) is 0 Å². The summed E-state index contributed by atoms with van der Waals surface area (Å²) < 4.78 is 34.8. The molecule has 9 heteroatoms. The zero-order valence-electron chi connectivity index (χ0n) is 10.6. The fourth-order valence-electron chi connectivity index (χ4n) is 3.47. The average molecular weight is 252 g/mol. The van der Waals surface area contributed by atoms with Gasteiger partial charge in [-0.1, -0.05) is 0 Å². The van der Waals surface area contributed by atoms with E-state index in [1.807, 2.05) is 20.5 Å². The highest BCUT2D eigenvalue weighted by atomic mass is 16.7. The van der Waals surface area contributed by atoms with Crippen molar-refractivity contribution in [3.05, 3.63) is 0 Å². The average Bonchev–Trinajstić information content (AvgIpc) is 2.93. The van der Waals surface area contributed by atoms with Crippen LogP contribution in [0.5, 0.6) is 0 Å². The van der Waals surface area contributed by atoms with Crippen molar-refractivity contribution in [2.24, 2.45) is 0 Å². The third kappa shape index (κ3) is 1.55. The van der Waals surface area contributed by atoms with E-state index in [-0.39, 0.29) is 58.0 Å². The minimum atomic E-state index is -0.238. The van der Waals surface area contributed by atoms with Crippen LogP contribution in [-0.4, -0.2) is 58.0 Å². The van der Waals surface area contributed by atoms with E-state index in [0.717, 1.165) is 0 Å². The van der Waals surface area contributed by atoms with Crippen molar-refractivity contribution < 1.29 is 27.9 Å². The van der Waals surface area contributed by atoms with Gasteiger partial charge in [-0.15, -0.1) is 0 Å². The van der Waals surface area contributed by atoms with Gasteiger partial charge in [-0.2, -0.15) is 0 Å². The second-order valence-corrected chi connectivity index (χ2v) is 5.31. The van der Waals surface area contributed by atoms with Crippen LogP contribution in [0.25, 0.3) is 0 Å². The minimum Gasteiger partial charge on any atom is -0.403 e. The van der Waals surface area contributed by atoms with Gasteiger partial charge in [0.1, 0.15) is 0 Å². The molecule has 0 unspecified atom stereocenters. The SMILES string of the molecule is CB1OC2C3OB(C)OC3C3OB(C)OC3C2O1. The summed E-state index contributed by atoms with van der Waals surface area (Å²) in [4.78, 5) is 0. The van der Waals surface area contributed by atoms with Crippen molar-refractivity contribution in [1.29, 1.82) is 0 Å². The molecule has 4 rings (SSSR count). The smallest absolute Gasteiger partial charge is 0.403 e. The summed E-state index contributed by atoms with van der Waals surface area (Å²) in [6.45, 7) is 5.67. The van der Waals surface area contributed by atoms with E-state index in [1.165, 1.54) is 0 Å². The fourth-order valence-corrected chi connectivity index (χ4v) is 3.47. The first kappa shape index (κ1) is 11.8. The van der Waals surface area contributed by atoms with E-state index in [9.17, 15) is 0 Å². The summed E-state index contributed by atoms with van der Waals surface area (Å²) in [7, 11) is -0.713. The van der Waals surface area contributed by atoms with Crippen LogP contribution < -0.4 is 0 Å². The molecule has 0 aromatic heterocycles.